The first-order valence-electron chi connectivity index (χ1n) is 8.04. The molecule has 0 atom stereocenters. The SMILES string of the molecule is CCCOc1ccc(N=Cc2c(O)[nH]c(=S)[nH]c2=O)cc1OCCC. The maximum Gasteiger partial charge on any atom is 0.264 e. The predicted octanol–water partition coefficient (Wildman–Crippen LogP) is 3.47. The van der Waals surface area contributed by atoms with E-state index in [4.69, 9.17) is 21.7 Å². The quantitative estimate of drug-likeness (QED) is 0.493. The highest BCUT2D eigenvalue weighted by Crippen LogP contribution is 2.32. The molecule has 0 radical (unpaired) electrons. The number of hydrogen-bond donors (Lipinski definition) is 3. The molecular formula is C17H21N3O4S. The minimum atomic E-state index is -0.518. The van der Waals surface area contributed by atoms with Crippen molar-refractivity contribution in [1.82, 2.24) is 9.97 Å². The third kappa shape index (κ3) is 5.18. The number of aromatic amines is 2. The Hall–Kier alpha value is -2.61. The number of hydrogen-bond acceptors (Lipinski definition) is 6. The molecule has 0 saturated carbocycles. The summed E-state index contributed by atoms with van der Waals surface area (Å²) >= 11 is 4.78. The molecule has 8 heteroatoms. The molecule has 2 rings (SSSR count). The van der Waals surface area contributed by atoms with Crippen molar-refractivity contribution in [2.45, 2.75) is 26.7 Å². The topological polar surface area (TPSA) is 99.7 Å². The normalized spacial score (nSPS) is 11.0. The highest BCUT2D eigenvalue weighted by atomic mass is 32.1. The molecule has 0 saturated heterocycles. The zero-order valence-corrected chi connectivity index (χ0v) is 15.0. The van der Waals surface area contributed by atoms with Gasteiger partial charge in [0.05, 0.1) is 18.9 Å². The van der Waals surface area contributed by atoms with Crippen molar-refractivity contribution < 1.29 is 14.6 Å². The van der Waals surface area contributed by atoms with Gasteiger partial charge in [0, 0.05) is 12.3 Å². The molecule has 1 aromatic heterocycles. The second-order valence-corrected chi connectivity index (χ2v) is 5.66. The molecule has 0 unspecified atom stereocenters. The summed E-state index contributed by atoms with van der Waals surface area (Å²) in [6, 6.07) is 5.25. The lowest BCUT2D eigenvalue weighted by Gasteiger charge is -2.12. The Morgan fingerprint density at radius 2 is 1.84 bits per heavy atom. The van der Waals surface area contributed by atoms with Crippen LogP contribution in [0.2, 0.25) is 0 Å². The number of nitrogens with one attached hydrogen (secondary N) is 2. The standard InChI is InChI=1S/C17H21N3O4S/c1-3-7-23-13-6-5-11(9-14(13)24-8-4-2)18-10-12-15(21)19-17(25)20-16(12)22/h5-6,9-10H,3-4,7-8H2,1-2H3,(H3,19,20,21,22,25). The molecule has 0 bridgehead atoms. The number of rotatable bonds is 8. The van der Waals surface area contributed by atoms with Gasteiger partial charge in [-0.05, 0) is 37.2 Å². The minimum absolute atomic E-state index is 0.00376. The lowest BCUT2D eigenvalue weighted by Crippen LogP contribution is -2.13. The van der Waals surface area contributed by atoms with Crippen molar-refractivity contribution in [3.8, 4) is 17.4 Å². The zero-order chi connectivity index (χ0) is 18.2. The average Bonchev–Trinajstić information content (AvgIpc) is 2.58. The number of aromatic hydroxyl groups is 1. The van der Waals surface area contributed by atoms with Gasteiger partial charge < -0.3 is 19.6 Å². The van der Waals surface area contributed by atoms with Gasteiger partial charge in [-0.3, -0.25) is 14.8 Å². The number of aromatic nitrogens is 2. The lowest BCUT2D eigenvalue weighted by molar-refractivity contribution is 0.268. The highest BCUT2D eigenvalue weighted by molar-refractivity contribution is 7.71. The summed E-state index contributed by atoms with van der Waals surface area (Å²) in [5.41, 5.74) is 0.0440. The van der Waals surface area contributed by atoms with E-state index in [-0.39, 0.29) is 16.2 Å². The van der Waals surface area contributed by atoms with Crippen molar-refractivity contribution in [1.29, 1.82) is 0 Å². The monoisotopic (exact) mass is 363 g/mol. The van der Waals surface area contributed by atoms with Gasteiger partial charge in [-0.2, -0.15) is 0 Å². The molecule has 0 aliphatic rings. The van der Waals surface area contributed by atoms with Gasteiger partial charge in [-0.15, -0.1) is 0 Å². The Morgan fingerprint density at radius 3 is 2.48 bits per heavy atom. The number of nitrogens with zero attached hydrogens (tertiary/aromatic N) is 1. The number of benzene rings is 1. The summed E-state index contributed by atoms with van der Waals surface area (Å²) in [4.78, 5) is 20.9. The summed E-state index contributed by atoms with van der Waals surface area (Å²) in [5, 5.41) is 9.78. The van der Waals surface area contributed by atoms with E-state index >= 15 is 0 Å². The van der Waals surface area contributed by atoms with Crippen LogP contribution in [0, 0.1) is 4.77 Å². The van der Waals surface area contributed by atoms with E-state index in [0.717, 1.165) is 12.8 Å². The van der Waals surface area contributed by atoms with E-state index in [2.05, 4.69) is 15.0 Å². The highest BCUT2D eigenvalue weighted by Gasteiger charge is 2.08. The van der Waals surface area contributed by atoms with E-state index in [0.29, 0.717) is 30.4 Å². The first-order valence-corrected chi connectivity index (χ1v) is 8.45. The molecule has 0 aliphatic carbocycles. The molecule has 25 heavy (non-hydrogen) atoms. The maximum atomic E-state index is 11.8. The minimum Gasteiger partial charge on any atom is -0.494 e. The van der Waals surface area contributed by atoms with Crippen molar-refractivity contribution in [2.24, 2.45) is 4.99 Å². The van der Waals surface area contributed by atoms with Crippen LogP contribution in [0.15, 0.2) is 28.0 Å². The molecule has 3 N–H and O–H groups in total. The zero-order valence-electron chi connectivity index (χ0n) is 14.2. The largest absolute Gasteiger partial charge is 0.494 e. The maximum absolute atomic E-state index is 11.8. The first kappa shape index (κ1) is 18.7. The third-order valence-corrected chi connectivity index (χ3v) is 3.36. The molecule has 134 valence electrons. The van der Waals surface area contributed by atoms with Crippen LogP contribution < -0.4 is 15.0 Å². The van der Waals surface area contributed by atoms with Gasteiger partial charge >= 0.3 is 0 Å². The predicted molar refractivity (Wildman–Crippen MR) is 99.2 cm³/mol. The summed E-state index contributed by atoms with van der Waals surface area (Å²) in [5.74, 6) is 0.914. The van der Waals surface area contributed by atoms with E-state index in [1.807, 2.05) is 13.8 Å². The van der Waals surface area contributed by atoms with Crippen LogP contribution in [-0.2, 0) is 0 Å². The molecule has 7 nitrogen and oxygen atoms in total. The van der Waals surface area contributed by atoms with E-state index < -0.39 is 5.56 Å². The molecular weight excluding hydrogens is 342 g/mol. The first-order chi connectivity index (χ1) is 12.0. The molecule has 1 heterocycles. The Kier molecular flexibility index (Phi) is 6.76. The Balaban J connectivity index is 2.30. The van der Waals surface area contributed by atoms with Crippen LogP contribution in [0.5, 0.6) is 17.4 Å². The second kappa shape index (κ2) is 9.03. The van der Waals surface area contributed by atoms with Crippen LogP contribution in [0.25, 0.3) is 0 Å². The second-order valence-electron chi connectivity index (χ2n) is 5.26. The molecule has 0 spiro atoms. The number of ether oxygens (including phenoxy) is 2. The van der Waals surface area contributed by atoms with Crippen LogP contribution in [0.3, 0.4) is 0 Å². The van der Waals surface area contributed by atoms with Gasteiger partial charge in [0.2, 0.25) is 5.88 Å². The third-order valence-electron chi connectivity index (χ3n) is 3.15. The fraction of sp³-hybridized carbons (Fsp3) is 0.353. The summed E-state index contributed by atoms with van der Waals surface area (Å²) in [6.07, 6.45) is 3.03. The van der Waals surface area contributed by atoms with Crippen molar-refractivity contribution in [2.75, 3.05) is 13.2 Å². The molecule has 0 fully saturated rings. The van der Waals surface area contributed by atoms with Gasteiger partial charge in [0.1, 0.15) is 5.56 Å². The number of aliphatic imine (C=N–C) groups is 1. The summed E-state index contributed by atoms with van der Waals surface area (Å²) in [7, 11) is 0. The van der Waals surface area contributed by atoms with E-state index in [1.54, 1.807) is 18.2 Å². The number of H-pyrrole nitrogens is 2. The van der Waals surface area contributed by atoms with E-state index in [9.17, 15) is 9.90 Å². The Bertz CT molecular complexity index is 858. The van der Waals surface area contributed by atoms with Crippen LogP contribution >= 0.6 is 12.2 Å². The molecule has 0 aliphatic heterocycles. The van der Waals surface area contributed by atoms with E-state index in [1.165, 1.54) is 6.21 Å². The van der Waals surface area contributed by atoms with Gasteiger partial charge in [-0.25, -0.2) is 0 Å². The van der Waals surface area contributed by atoms with Gasteiger partial charge in [0.15, 0.2) is 16.3 Å². The Labute approximate surface area is 150 Å². The fourth-order valence-corrected chi connectivity index (χ4v) is 2.17. The lowest BCUT2D eigenvalue weighted by atomic mass is 10.2. The summed E-state index contributed by atoms with van der Waals surface area (Å²) in [6.45, 7) is 5.20. The van der Waals surface area contributed by atoms with Gasteiger partial charge in [-0.1, -0.05) is 13.8 Å². The smallest absolute Gasteiger partial charge is 0.264 e. The van der Waals surface area contributed by atoms with Crippen LogP contribution in [-0.4, -0.2) is 34.5 Å². The molecule has 0 amide bonds. The Morgan fingerprint density at radius 1 is 1.16 bits per heavy atom. The van der Waals surface area contributed by atoms with Crippen molar-refractivity contribution in [3.63, 3.8) is 0 Å². The average molecular weight is 363 g/mol. The van der Waals surface area contributed by atoms with Crippen molar-refractivity contribution >= 4 is 24.1 Å². The molecule has 1 aromatic carbocycles. The van der Waals surface area contributed by atoms with Crippen molar-refractivity contribution in [3.05, 3.63) is 38.9 Å². The fourth-order valence-electron chi connectivity index (χ4n) is 1.98. The summed E-state index contributed by atoms with van der Waals surface area (Å²) < 4.78 is 11.4. The van der Waals surface area contributed by atoms with Crippen LogP contribution in [0.1, 0.15) is 32.3 Å². The molecule has 2 aromatic rings. The van der Waals surface area contributed by atoms with Gasteiger partial charge in [0.25, 0.3) is 5.56 Å². The van der Waals surface area contributed by atoms with Crippen LogP contribution in [0.4, 0.5) is 5.69 Å².